The number of rotatable bonds is 6. The quantitative estimate of drug-likeness (QED) is 0.815. The van der Waals surface area contributed by atoms with Gasteiger partial charge >= 0.3 is 0 Å². The van der Waals surface area contributed by atoms with Crippen LogP contribution in [0.15, 0.2) is 12.4 Å². The van der Waals surface area contributed by atoms with E-state index in [-0.39, 0.29) is 0 Å². The van der Waals surface area contributed by atoms with Gasteiger partial charge in [0.2, 0.25) is 0 Å². The van der Waals surface area contributed by atoms with E-state index in [1.165, 1.54) is 6.33 Å². The molecule has 0 unspecified atom stereocenters. The van der Waals surface area contributed by atoms with Crippen LogP contribution >= 0.6 is 12.2 Å². The van der Waals surface area contributed by atoms with Gasteiger partial charge in [0.15, 0.2) is 0 Å². The van der Waals surface area contributed by atoms with E-state index in [1.807, 2.05) is 13.0 Å². The summed E-state index contributed by atoms with van der Waals surface area (Å²) in [7, 11) is 0. The first-order valence-corrected chi connectivity index (χ1v) is 7.09. The molecule has 7 heteroatoms. The number of hydrogen-bond acceptors (Lipinski definition) is 5. The Bertz CT molecular complexity index is 606. The highest BCUT2D eigenvalue weighted by molar-refractivity contribution is 7.80. The van der Waals surface area contributed by atoms with E-state index in [9.17, 15) is 0 Å². The molecule has 0 spiro atoms. The zero-order chi connectivity index (χ0) is 14.7. The van der Waals surface area contributed by atoms with Crippen LogP contribution in [0.3, 0.4) is 0 Å². The molecule has 20 heavy (non-hydrogen) atoms. The molecular formula is C13H20N6S. The third kappa shape index (κ3) is 3.41. The van der Waals surface area contributed by atoms with Crippen LogP contribution in [0.1, 0.15) is 26.0 Å². The van der Waals surface area contributed by atoms with Gasteiger partial charge in [0, 0.05) is 31.3 Å². The van der Waals surface area contributed by atoms with Crippen LogP contribution in [0.5, 0.6) is 0 Å². The van der Waals surface area contributed by atoms with E-state index in [4.69, 9.17) is 18.0 Å². The van der Waals surface area contributed by atoms with E-state index in [0.717, 1.165) is 24.6 Å². The van der Waals surface area contributed by atoms with Gasteiger partial charge in [0.1, 0.15) is 12.1 Å². The Kier molecular flexibility index (Phi) is 4.49. The number of nitrogens with zero attached hydrogens (tertiary/aromatic N) is 5. The number of hydrogen-bond donors (Lipinski definition) is 1. The topological polar surface area (TPSA) is 72.3 Å². The molecular weight excluding hydrogens is 272 g/mol. The Morgan fingerprint density at radius 2 is 2.25 bits per heavy atom. The first-order chi connectivity index (χ1) is 9.47. The fourth-order valence-corrected chi connectivity index (χ4v) is 2.21. The summed E-state index contributed by atoms with van der Waals surface area (Å²) in [6, 6.07) is 2.02. The van der Waals surface area contributed by atoms with Gasteiger partial charge in [-0.25, -0.2) is 4.98 Å². The van der Waals surface area contributed by atoms with E-state index in [1.54, 1.807) is 4.52 Å². The van der Waals surface area contributed by atoms with Gasteiger partial charge in [-0.2, -0.15) is 14.6 Å². The predicted molar refractivity (Wildman–Crippen MR) is 84.0 cm³/mol. The number of aromatic nitrogens is 4. The van der Waals surface area contributed by atoms with Crippen LogP contribution in [0.4, 0.5) is 5.82 Å². The third-order valence-electron chi connectivity index (χ3n) is 2.90. The van der Waals surface area contributed by atoms with Crippen LogP contribution in [-0.4, -0.2) is 37.7 Å². The average molecular weight is 292 g/mol. The second-order valence-corrected chi connectivity index (χ2v) is 5.81. The molecule has 0 aliphatic rings. The van der Waals surface area contributed by atoms with Crippen molar-refractivity contribution in [2.75, 3.05) is 18.0 Å². The maximum absolute atomic E-state index is 5.63. The number of anilines is 1. The first kappa shape index (κ1) is 14.6. The molecule has 0 saturated carbocycles. The molecule has 108 valence electrons. The molecule has 2 aromatic heterocycles. The summed E-state index contributed by atoms with van der Waals surface area (Å²) in [6.07, 6.45) is 2.20. The van der Waals surface area contributed by atoms with Crippen molar-refractivity contribution in [3.8, 4) is 0 Å². The molecule has 0 atom stereocenters. The summed E-state index contributed by atoms with van der Waals surface area (Å²) in [5.41, 5.74) is 6.55. The number of thiocarbonyl (C=S) groups is 1. The molecule has 2 aromatic rings. The maximum Gasteiger partial charge on any atom is 0.254 e. The van der Waals surface area contributed by atoms with Crippen LogP contribution < -0.4 is 10.6 Å². The Labute approximate surface area is 124 Å². The highest BCUT2D eigenvalue weighted by atomic mass is 32.1. The number of fused-ring (bicyclic) bond motifs is 1. The second-order valence-electron chi connectivity index (χ2n) is 5.28. The molecule has 0 aliphatic carbocycles. The van der Waals surface area contributed by atoms with Gasteiger partial charge in [0.25, 0.3) is 5.78 Å². The van der Waals surface area contributed by atoms with Crippen molar-refractivity contribution < 1.29 is 0 Å². The molecule has 2 rings (SSSR count). The normalized spacial score (nSPS) is 11.2. The number of nitrogens with two attached hydrogens (primary N) is 1. The Hall–Kier alpha value is -1.76. The van der Waals surface area contributed by atoms with Crippen LogP contribution in [-0.2, 0) is 0 Å². The zero-order valence-corrected chi connectivity index (χ0v) is 12.9. The number of aryl methyl sites for hydroxylation is 1. The van der Waals surface area contributed by atoms with Gasteiger partial charge in [-0.15, -0.1) is 0 Å². The van der Waals surface area contributed by atoms with Gasteiger partial charge in [-0.3, -0.25) is 0 Å². The predicted octanol–water partition coefficient (Wildman–Crippen LogP) is 1.57. The van der Waals surface area contributed by atoms with Crippen molar-refractivity contribution in [2.24, 2.45) is 11.7 Å². The van der Waals surface area contributed by atoms with Crippen molar-refractivity contribution >= 4 is 28.8 Å². The lowest BCUT2D eigenvalue weighted by molar-refractivity contribution is 0.603. The van der Waals surface area contributed by atoms with E-state index >= 15 is 0 Å². The fraction of sp³-hybridized carbons (Fsp3) is 0.538. The van der Waals surface area contributed by atoms with E-state index < -0.39 is 0 Å². The summed E-state index contributed by atoms with van der Waals surface area (Å²) in [4.78, 5) is 11.3. The van der Waals surface area contributed by atoms with Gasteiger partial charge in [0.05, 0.1) is 4.99 Å². The molecule has 0 aromatic carbocycles. The van der Waals surface area contributed by atoms with Crippen molar-refractivity contribution in [3.63, 3.8) is 0 Å². The largest absolute Gasteiger partial charge is 0.393 e. The molecule has 2 N–H and O–H groups in total. The molecule has 0 fully saturated rings. The lowest BCUT2D eigenvalue weighted by Gasteiger charge is -2.26. The highest BCUT2D eigenvalue weighted by Crippen LogP contribution is 2.17. The highest BCUT2D eigenvalue weighted by Gasteiger charge is 2.14. The molecule has 0 bridgehead atoms. The van der Waals surface area contributed by atoms with Crippen LogP contribution in [0.25, 0.3) is 5.78 Å². The smallest absolute Gasteiger partial charge is 0.254 e. The fourth-order valence-electron chi connectivity index (χ4n) is 2.12. The summed E-state index contributed by atoms with van der Waals surface area (Å²) in [5, 5.41) is 4.25. The standard InChI is InChI=1S/C13H20N6S/c1-9(2)7-18(5-4-11(14)20)12-6-10(3)17-13-15-8-16-19(12)13/h6,8-9H,4-5,7H2,1-3H3,(H2,14,20). The molecule has 0 amide bonds. The van der Waals surface area contributed by atoms with Gasteiger partial charge in [-0.05, 0) is 12.8 Å². The van der Waals surface area contributed by atoms with Gasteiger partial charge < -0.3 is 10.6 Å². The first-order valence-electron chi connectivity index (χ1n) is 6.68. The Morgan fingerprint density at radius 3 is 2.90 bits per heavy atom. The van der Waals surface area contributed by atoms with Gasteiger partial charge in [-0.1, -0.05) is 26.1 Å². The van der Waals surface area contributed by atoms with Crippen LogP contribution in [0, 0.1) is 12.8 Å². The second kappa shape index (κ2) is 6.13. The molecule has 2 heterocycles. The van der Waals surface area contributed by atoms with Crippen molar-refractivity contribution in [3.05, 3.63) is 18.1 Å². The summed E-state index contributed by atoms with van der Waals surface area (Å²) >= 11 is 4.99. The van der Waals surface area contributed by atoms with E-state index in [0.29, 0.717) is 23.1 Å². The third-order valence-corrected chi connectivity index (χ3v) is 3.10. The summed E-state index contributed by atoms with van der Waals surface area (Å²) < 4.78 is 1.76. The van der Waals surface area contributed by atoms with Crippen LogP contribution in [0.2, 0.25) is 0 Å². The Morgan fingerprint density at radius 1 is 1.50 bits per heavy atom. The SMILES string of the molecule is Cc1cc(N(CCC(N)=S)CC(C)C)n2ncnc2n1. The zero-order valence-electron chi connectivity index (χ0n) is 12.1. The van der Waals surface area contributed by atoms with Crippen molar-refractivity contribution in [2.45, 2.75) is 27.2 Å². The minimum atomic E-state index is 0.522. The average Bonchev–Trinajstić information content (AvgIpc) is 2.80. The summed E-state index contributed by atoms with van der Waals surface area (Å²) in [5.74, 6) is 2.12. The molecule has 0 aliphatic heterocycles. The molecule has 6 nitrogen and oxygen atoms in total. The maximum atomic E-state index is 5.63. The monoisotopic (exact) mass is 292 g/mol. The summed E-state index contributed by atoms with van der Waals surface area (Å²) in [6.45, 7) is 7.99. The van der Waals surface area contributed by atoms with Crippen molar-refractivity contribution in [1.82, 2.24) is 19.6 Å². The van der Waals surface area contributed by atoms with E-state index in [2.05, 4.69) is 33.8 Å². The minimum absolute atomic E-state index is 0.522. The molecule has 0 radical (unpaired) electrons. The molecule has 0 saturated heterocycles. The lowest BCUT2D eigenvalue weighted by atomic mass is 10.2. The Balaban J connectivity index is 2.38. The minimum Gasteiger partial charge on any atom is -0.393 e. The lowest BCUT2D eigenvalue weighted by Crippen LogP contribution is -2.32. The van der Waals surface area contributed by atoms with Crippen molar-refractivity contribution in [1.29, 1.82) is 0 Å².